The van der Waals surface area contributed by atoms with E-state index < -0.39 is 0 Å². The second-order valence-corrected chi connectivity index (χ2v) is 6.16. The Morgan fingerprint density at radius 2 is 1.96 bits per heavy atom. The fraction of sp³-hybridized carbons (Fsp3) is 0.263. The molecule has 4 nitrogen and oxygen atoms in total. The van der Waals surface area contributed by atoms with Gasteiger partial charge in [0.15, 0.2) is 0 Å². The summed E-state index contributed by atoms with van der Waals surface area (Å²) in [5.74, 6) is -0.201. The van der Waals surface area contributed by atoms with Gasteiger partial charge < -0.3 is 4.90 Å². The first-order chi connectivity index (χ1) is 11.7. The highest BCUT2D eigenvalue weighted by molar-refractivity contribution is 5.82. The number of amides is 1. The van der Waals surface area contributed by atoms with Crippen LogP contribution in [0.5, 0.6) is 0 Å². The van der Waals surface area contributed by atoms with Gasteiger partial charge in [-0.15, -0.1) is 0 Å². The predicted octanol–water partition coefficient (Wildman–Crippen LogP) is 3.54. The van der Waals surface area contributed by atoms with E-state index in [9.17, 15) is 9.18 Å². The Morgan fingerprint density at radius 3 is 2.79 bits per heavy atom. The minimum atomic E-state index is -0.252. The van der Waals surface area contributed by atoms with E-state index in [0.29, 0.717) is 0 Å². The first kappa shape index (κ1) is 14.9. The van der Waals surface area contributed by atoms with Gasteiger partial charge in [0, 0.05) is 11.9 Å². The van der Waals surface area contributed by atoms with Gasteiger partial charge in [0.1, 0.15) is 12.4 Å². The Morgan fingerprint density at radius 1 is 1.17 bits per heavy atom. The molecule has 122 valence electrons. The maximum absolute atomic E-state index is 13.1. The Balaban J connectivity index is 1.56. The summed E-state index contributed by atoms with van der Waals surface area (Å²) in [6.45, 7) is 0.964. The van der Waals surface area contributed by atoms with Crippen molar-refractivity contribution in [2.45, 2.75) is 25.4 Å². The summed E-state index contributed by atoms with van der Waals surface area (Å²) in [5, 5.41) is 5.37. The Hall–Kier alpha value is -2.69. The summed E-state index contributed by atoms with van der Waals surface area (Å²) in [7, 11) is 0. The molecule has 1 fully saturated rings. The molecular formula is C19H18FN3O. The van der Waals surface area contributed by atoms with Gasteiger partial charge in [0.25, 0.3) is 0 Å². The van der Waals surface area contributed by atoms with Crippen molar-refractivity contribution in [1.82, 2.24) is 14.7 Å². The molecule has 0 bridgehead atoms. The minimum absolute atomic E-state index is 0.0277. The second-order valence-electron chi connectivity index (χ2n) is 6.16. The number of benzene rings is 2. The van der Waals surface area contributed by atoms with E-state index in [1.165, 1.54) is 12.1 Å². The molecule has 1 atom stereocenters. The number of hydrogen-bond acceptors (Lipinski definition) is 2. The smallest absolute Gasteiger partial charge is 0.244 e. The predicted molar refractivity (Wildman–Crippen MR) is 89.8 cm³/mol. The van der Waals surface area contributed by atoms with Gasteiger partial charge in [-0.05, 0) is 36.6 Å². The molecule has 1 aromatic heterocycles. The number of aromatic nitrogens is 2. The lowest BCUT2D eigenvalue weighted by Crippen LogP contribution is -2.33. The van der Waals surface area contributed by atoms with E-state index in [4.69, 9.17) is 0 Å². The SMILES string of the molecule is O=C(Cn1ncc2ccccc21)N1CCC[C@H]1c1ccc(F)cc1. The number of para-hydroxylation sites is 1. The normalized spacial score (nSPS) is 17.5. The molecule has 1 amide bonds. The monoisotopic (exact) mass is 323 g/mol. The van der Waals surface area contributed by atoms with Crippen molar-refractivity contribution in [3.8, 4) is 0 Å². The van der Waals surface area contributed by atoms with Gasteiger partial charge in [-0.25, -0.2) is 4.39 Å². The van der Waals surface area contributed by atoms with Crippen LogP contribution in [0, 0.1) is 5.82 Å². The van der Waals surface area contributed by atoms with Crippen LogP contribution in [0.25, 0.3) is 10.9 Å². The van der Waals surface area contributed by atoms with Gasteiger partial charge >= 0.3 is 0 Å². The summed E-state index contributed by atoms with van der Waals surface area (Å²) >= 11 is 0. The molecule has 3 aromatic rings. The van der Waals surface area contributed by atoms with Gasteiger partial charge in [0.2, 0.25) is 5.91 Å². The lowest BCUT2D eigenvalue weighted by atomic mass is 10.0. The third-order valence-electron chi connectivity index (χ3n) is 4.66. The van der Waals surface area contributed by atoms with Gasteiger partial charge in [-0.2, -0.15) is 5.10 Å². The molecule has 0 spiro atoms. The molecule has 24 heavy (non-hydrogen) atoms. The molecule has 0 radical (unpaired) electrons. The van der Waals surface area contributed by atoms with Crippen LogP contribution in [-0.2, 0) is 11.3 Å². The quantitative estimate of drug-likeness (QED) is 0.739. The van der Waals surface area contributed by atoms with Crippen LogP contribution in [0.1, 0.15) is 24.4 Å². The van der Waals surface area contributed by atoms with Crippen molar-refractivity contribution in [3.63, 3.8) is 0 Å². The molecule has 0 unspecified atom stereocenters. The number of fused-ring (bicyclic) bond motifs is 1. The Labute approximate surface area is 139 Å². The first-order valence-electron chi connectivity index (χ1n) is 8.18. The summed E-state index contributed by atoms with van der Waals surface area (Å²) in [6, 6.07) is 14.3. The van der Waals surface area contributed by atoms with Crippen molar-refractivity contribution in [3.05, 3.63) is 66.1 Å². The zero-order chi connectivity index (χ0) is 16.5. The second kappa shape index (κ2) is 6.07. The van der Waals surface area contributed by atoms with E-state index in [0.717, 1.165) is 35.9 Å². The summed E-state index contributed by atoms with van der Waals surface area (Å²) < 4.78 is 14.9. The number of nitrogens with zero attached hydrogens (tertiary/aromatic N) is 3. The summed E-state index contributed by atoms with van der Waals surface area (Å²) in [4.78, 5) is 14.7. The standard InChI is InChI=1S/C19H18FN3O/c20-16-9-7-14(8-10-16)17-6-3-11-22(17)19(24)13-23-18-5-2-1-4-15(18)12-21-23/h1-2,4-5,7-10,12,17H,3,6,11,13H2/t17-/m0/s1. The van der Waals surface area contributed by atoms with Crippen LogP contribution in [0.3, 0.4) is 0 Å². The van der Waals surface area contributed by atoms with Crippen molar-refractivity contribution in [1.29, 1.82) is 0 Å². The molecule has 1 aliphatic heterocycles. The third-order valence-corrected chi connectivity index (χ3v) is 4.66. The Kier molecular flexibility index (Phi) is 3.76. The zero-order valence-electron chi connectivity index (χ0n) is 13.2. The summed E-state index contributed by atoms with van der Waals surface area (Å²) in [5.41, 5.74) is 1.95. The average Bonchev–Trinajstić information content (AvgIpc) is 3.23. The number of likely N-dealkylation sites (tertiary alicyclic amines) is 1. The van der Waals surface area contributed by atoms with Gasteiger partial charge in [-0.3, -0.25) is 9.48 Å². The molecule has 0 saturated carbocycles. The van der Waals surface area contributed by atoms with Crippen LogP contribution < -0.4 is 0 Å². The fourth-order valence-electron chi connectivity index (χ4n) is 3.47. The number of halogens is 1. The van der Waals surface area contributed by atoms with Crippen LogP contribution >= 0.6 is 0 Å². The van der Waals surface area contributed by atoms with Crippen molar-refractivity contribution in [2.75, 3.05) is 6.54 Å². The number of carbonyl (C=O) groups excluding carboxylic acids is 1. The van der Waals surface area contributed by atoms with Crippen LogP contribution in [0.4, 0.5) is 4.39 Å². The average molecular weight is 323 g/mol. The number of hydrogen-bond donors (Lipinski definition) is 0. The van der Waals surface area contributed by atoms with E-state index in [1.54, 1.807) is 23.0 Å². The van der Waals surface area contributed by atoms with E-state index in [-0.39, 0.29) is 24.3 Å². The Bertz CT molecular complexity index is 872. The van der Waals surface area contributed by atoms with Crippen molar-refractivity contribution >= 4 is 16.8 Å². The van der Waals surface area contributed by atoms with Crippen molar-refractivity contribution in [2.24, 2.45) is 0 Å². The molecule has 4 rings (SSSR count). The van der Waals surface area contributed by atoms with Gasteiger partial charge in [0.05, 0.1) is 17.8 Å². The summed E-state index contributed by atoms with van der Waals surface area (Å²) in [6.07, 6.45) is 3.66. The van der Waals surface area contributed by atoms with Crippen LogP contribution in [0.15, 0.2) is 54.7 Å². The maximum Gasteiger partial charge on any atom is 0.244 e. The molecule has 0 aliphatic carbocycles. The maximum atomic E-state index is 13.1. The lowest BCUT2D eigenvalue weighted by Gasteiger charge is -2.25. The highest BCUT2D eigenvalue weighted by Gasteiger charge is 2.30. The first-order valence-corrected chi connectivity index (χ1v) is 8.18. The zero-order valence-corrected chi connectivity index (χ0v) is 13.2. The van der Waals surface area contributed by atoms with Crippen LogP contribution in [0.2, 0.25) is 0 Å². The van der Waals surface area contributed by atoms with E-state index >= 15 is 0 Å². The molecule has 5 heteroatoms. The fourth-order valence-corrected chi connectivity index (χ4v) is 3.47. The number of carbonyl (C=O) groups is 1. The molecule has 2 heterocycles. The molecule has 1 saturated heterocycles. The highest BCUT2D eigenvalue weighted by Crippen LogP contribution is 2.32. The highest BCUT2D eigenvalue weighted by atomic mass is 19.1. The topological polar surface area (TPSA) is 38.1 Å². The van der Waals surface area contributed by atoms with E-state index in [2.05, 4.69) is 5.10 Å². The number of rotatable bonds is 3. The molecular weight excluding hydrogens is 305 g/mol. The lowest BCUT2D eigenvalue weighted by molar-refractivity contribution is -0.132. The molecule has 0 N–H and O–H groups in total. The van der Waals surface area contributed by atoms with E-state index in [1.807, 2.05) is 29.2 Å². The third kappa shape index (κ3) is 2.66. The minimum Gasteiger partial charge on any atom is -0.334 e. The molecule has 2 aromatic carbocycles. The van der Waals surface area contributed by atoms with Crippen molar-refractivity contribution < 1.29 is 9.18 Å². The largest absolute Gasteiger partial charge is 0.334 e. The molecule has 1 aliphatic rings. The van der Waals surface area contributed by atoms with Gasteiger partial charge in [-0.1, -0.05) is 30.3 Å². The van der Waals surface area contributed by atoms with Crippen LogP contribution in [-0.4, -0.2) is 27.1 Å².